The van der Waals surface area contributed by atoms with E-state index in [1.54, 1.807) is 18.6 Å². The van der Waals surface area contributed by atoms with Crippen LogP contribution in [0.1, 0.15) is 17.4 Å². The summed E-state index contributed by atoms with van der Waals surface area (Å²) < 4.78 is 28.4. The number of fused-ring (bicyclic) bond motifs is 1. The number of aliphatic hydroxyl groups is 2. The molecule has 10 nitrogen and oxygen atoms in total. The van der Waals surface area contributed by atoms with Gasteiger partial charge in [-0.3, -0.25) is 0 Å². The fourth-order valence-electron chi connectivity index (χ4n) is 2.87. The van der Waals surface area contributed by atoms with Gasteiger partial charge in [0, 0.05) is 26.2 Å². The van der Waals surface area contributed by atoms with E-state index in [1.165, 1.54) is 26.6 Å². The second kappa shape index (κ2) is 7.06. The summed E-state index contributed by atoms with van der Waals surface area (Å²) in [5.41, 5.74) is 1.89. The van der Waals surface area contributed by atoms with Gasteiger partial charge in [0.15, 0.2) is 0 Å². The highest BCUT2D eigenvalue weighted by Crippen LogP contribution is 2.36. The normalized spacial score (nSPS) is 20.1. The zero-order valence-corrected chi connectivity index (χ0v) is 14.6. The molecule has 25 heavy (non-hydrogen) atoms. The van der Waals surface area contributed by atoms with E-state index in [9.17, 15) is 18.6 Å². The molecule has 0 saturated carbocycles. The Bertz CT molecular complexity index is 870. The largest absolute Gasteiger partial charge is 0.412 e. The van der Waals surface area contributed by atoms with E-state index in [0.717, 1.165) is 14.0 Å². The Morgan fingerprint density at radius 1 is 1.28 bits per heavy atom. The molecule has 0 saturated heterocycles. The van der Waals surface area contributed by atoms with Crippen LogP contribution < -0.4 is 0 Å². The van der Waals surface area contributed by atoms with Gasteiger partial charge in [0.25, 0.3) is 0 Å². The van der Waals surface area contributed by atoms with Crippen molar-refractivity contribution in [2.75, 3.05) is 27.3 Å². The lowest BCUT2D eigenvalue weighted by atomic mass is 9.87. The van der Waals surface area contributed by atoms with E-state index in [2.05, 4.69) is 9.97 Å². The van der Waals surface area contributed by atoms with Crippen LogP contribution in [0.3, 0.4) is 0 Å². The van der Waals surface area contributed by atoms with Crippen molar-refractivity contribution in [1.29, 1.82) is 0 Å². The molecule has 11 heteroatoms. The maximum atomic E-state index is 12.2. The van der Waals surface area contributed by atoms with Crippen molar-refractivity contribution in [3.8, 4) is 0 Å². The fourth-order valence-corrected chi connectivity index (χ4v) is 3.65. The Labute approximate surface area is 145 Å². The first-order valence-electron chi connectivity index (χ1n) is 7.31. The van der Waals surface area contributed by atoms with Gasteiger partial charge in [-0.2, -0.15) is 12.7 Å². The van der Waals surface area contributed by atoms with Gasteiger partial charge in [0.2, 0.25) is 0 Å². The molecule has 4 N–H and O–H groups in total. The van der Waals surface area contributed by atoms with Gasteiger partial charge >= 0.3 is 10.2 Å². The Morgan fingerprint density at radius 3 is 2.60 bits per heavy atom. The van der Waals surface area contributed by atoms with Crippen LogP contribution in [0.2, 0.25) is 0 Å². The number of rotatable bonds is 5. The van der Waals surface area contributed by atoms with Crippen molar-refractivity contribution in [2.24, 2.45) is 5.92 Å². The lowest BCUT2D eigenvalue weighted by Crippen LogP contribution is -2.30. The van der Waals surface area contributed by atoms with E-state index < -0.39 is 22.2 Å². The molecule has 0 aromatic carbocycles. The van der Waals surface area contributed by atoms with E-state index in [-0.39, 0.29) is 18.7 Å². The van der Waals surface area contributed by atoms with Crippen LogP contribution in [0, 0.1) is 5.92 Å². The molecule has 0 radical (unpaired) electrons. The number of nitrogens with zero attached hydrogens (tertiary/aromatic N) is 5. The van der Waals surface area contributed by atoms with Crippen LogP contribution in [-0.2, 0) is 10.2 Å². The van der Waals surface area contributed by atoms with Crippen molar-refractivity contribution in [3.05, 3.63) is 42.0 Å². The van der Waals surface area contributed by atoms with Gasteiger partial charge in [0.05, 0.1) is 43.2 Å². The summed E-state index contributed by atoms with van der Waals surface area (Å²) in [5.74, 6) is -0.415. The molecule has 0 aliphatic carbocycles. The standard InChI is InChI=1S/C14H19N5O4S.H2O/c1-17(2)24(22,23)18-5-13(16-9-18)14-12(7-21)10(6-20)3-11-4-15-8-19(11)14;/h3-5,8-9,12,14,20-21H,6-7H2,1-2H3;1H2/t12-,14-;/m1./s1. The Morgan fingerprint density at radius 2 is 2.00 bits per heavy atom. The average Bonchev–Trinajstić information content (AvgIpc) is 3.21. The molecule has 0 bridgehead atoms. The highest BCUT2D eigenvalue weighted by atomic mass is 32.2. The molecule has 0 fully saturated rings. The van der Waals surface area contributed by atoms with Gasteiger partial charge in [-0.1, -0.05) is 0 Å². The molecule has 2 atom stereocenters. The second-order valence-electron chi connectivity index (χ2n) is 5.76. The molecule has 0 unspecified atom stereocenters. The SMILES string of the molecule is CN(C)S(=O)(=O)n1cnc([C@H]2[C@H](CO)C(CO)=Cc3cncn32)c1.O. The first kappa shape index (κ1) is 19.3. The third-order valence-electron chi connectivity index (χ3n) is 4.18. The number of aromatic nitrogens is 4. The molecule has 0 spiro atoms. The first-order valence-corrected chi connectivity index (χ1v) is 8.70. The van der Waals surface area contributed by atoms with Crippen molar-refractivity contribution in [1.82, 2.24) is 22.8 Å². The number of imidazole rings is 2. The zero-order chi connectivity index (χ0) is 17.5. The summed E-state index contributed by atoms with van der Waals surface area (Å²) in [6.07, 6.45) is 7.67. The summed E-state index contributed by atoms with van der Waals surface area (Å²) in [6.45, 7) is -0.411. The highest BCUT2D eigenvalue weighted by Gasteiger charge is 2.34. The van der Waals surface area contributed by atoms with Crippen LogP contribution in [0.15, 0.2) is 30.6 Å². The molecular weight excluding hydrogens is 350 g/mol. The van der Waals surface area contributed by atoms with E-state index >= 15 is 0 Å². The Balaban J connectivity index is 0.00000225. The number of aliphatic hydroxyl groups excluding tert-OH is 2. The summed E-state index contributed by atoms with van der Waals surface area (Å²) in [6, 6.07) is -0.446. The fraction of sp³-hybridized carbons (Fsp3) is 0.429. The van der Waals surface area contributed by atoms with Gasteiger partial charge in [-0.15, -0.1) is 0 Å². The molecule has 138 valence electrons. The smallest absolute Gasteiger partial charge is 0.308 e. The summed E-state index contributed by atoms with van der Waals surface area (Å²) in [5, 5.41) is 19.4. The second-order valence-corrected chi connectivity index (χ2v) is 7.80. The molecule has 3 rings (SSSR count). The van der Waals surface area contributed by atoms with Crippen LogP contribution in [0.5, 0.6) is 0 Å². The van der Waals surface area contributed by atoms with E-state index in [4.69, 9.17) is 0 Å². The quantitative estimate of drug-likeness (QED) is 0.654. The summed E-state index contributed by atoms with van der Waals surface area (Å²) >= 11 is 0. The van der Waals surface area contributed by atoms with E-state index in [1.807, 2.05) is 4.57 Å². The minimum Gasteiger partial charge on any atom is -0.412 e. The third kappa shape index (κ3) is 3.12. The van der Waals surface area contributed by atoms with Gasteiger partial charge in [-0.25, -0.2) is 13.9 Å². The van der Waals surface area contributed by atoms with Crippen LogP contribution in [0.25, 0.3) is 6.08 Å². The van der Waals surface area contributed by atoms with Gasteiger partial charge in [0.1, 0.15) is 6.33 Å². The predicted molar refractivity (Wildman–Crippen MR) is 89.9 cm³/mol. The lowest BCUT2D eigenvalue weighted by Gasteiger charge is -2.31. The van der Waals surface area contributed by atoms with Crippen LogP contribution in [0.4, 0.5) is 0 Å². The van der Waals surface area contributed by atoms with E-state index in [0.29, 0.717) is 11.3 Å². The van der Waals surface area contributed by atoms with Crippen LogP contribution >= 0.6 is 0 Å². The number of hydrogen-bond donors (Lipinski definition) is 2. The summed E-state index contributed by atoms with van der Waals surface area (Å²) in [4.78, 5) is 8.32. The topological polar surface area (TPSA) is 145 Å². The molecule has 1 aliphatic rings. The zero-order valence-electron chi connectivity index (χ0n) is 13.8. The van der Waals surface area contributed by atoms with Crippen LogP contribution in [-0.4, -0.2) is 74.2 Å². The maximum absolute atomic E-state index is 12.2. The summed E-state index contributed by atoms with van der Waals surface area (Å²) in [7, 11) is -0.791. The lowest BCUT2D eigenvalue weighted by molar-refractivity contribution is 0.194. The predicted octanol–water partition coefficient (Wildman–Crippen LogP) is -1.50. The minimum atomic E-state index is -3.67. The highest BCUT2D eigenvalue weighted by molar-refractivity contribution is 7.87. The van der Waals surface area contributed by atoms with Gasteiger partial charge in [-0.05, 0) is 11.6 Å². The minimum absolute atomic E-state index is 0. The molecular formula is C14H21N5O5S. The number of hydrogen-bond acceptors (Lipinski definition) is 6. The molecule has 1 aliphatic heterocycles. The molecule has 0 amide bonds. The average molecular weight is 371 g/mol. The third-order valence-corrected chi connectivity index (χ3v) is 5.83. The van der Waals surface area contributed by atoms with Crippen molar-refractivity contribution < 1.29 is 24.1 Å². The Kier molecular flexibility index (Phi) is 5.44. The Hall–Kier alpha value is -2.05. The van der Waals surface area contributed by atoms with Crippen molar-refractivity contribution in [3.63, 3.8) is 0 Å². The maximum Gasteiger partial charge on any atom is 0.308 e. The monoisotopic (exact) mass is 371 g/mol. The van der Waals surface area contributed by atoms with Crippen molar-refractivity contribution >= 4 is 16.3 Å². The first-order chi connectivity index (χ1) is 11.4. The molecule has 2 aromatic rings. The van der Waals surface area contributed by atoms with Crippen molar-refractivity contribution in [2.45, 2.75) is 6.04 Å². The molecule has 2 aromatic heterocycles. The molecule has 3 heterocycles. The van der Waals surface area contributed by atoms with Gasteiger partial charge < -0.3 is 20.3 Å².